The Balaban J connectivity index is 1.91. The van der Waals surface area contributed by atoms with Gasteiger partial charge in [-0.25, -0.2) is 0 Å². The molecule has 0 amide bonds. The van der Waals surface area contributed by atoms with E-state index in [1.165, 1.54) is 11.8 Å². The second-order valence-electron chi connectivity index (χ2n) is 5.28. The summed E-state index contributed by atoms with van der Waals surface area (Å²) in [5, 5.41) is 13.3. The second kappa shape index (κ2) is 6.71. The molecule has 0 fully saturated rings. The average molecular weight is 391 g/mol. The maximum absolute atomic E-state index is 6.37. The monoisotopic (exact) mass is 390 g/mol. The summed E-state index contributed by atoms with van der Waals surface area (Å²) in [7, 11) is 0. The largest absolute Gasteiger partial charge is 0.448 e. The zero-order chi connectivity index (χ0) is 17.4. The van der Waals surface area contributed by atoms with Crippen molar-refractivity contribution < 1.29 is 4.74 Å². The minimum Gasteiger partial charge on any atom is -0.448 e. The Morgan fingerprint density at radius 3 is 2.56 bits per heavy atom. The standard InChI is InChI=1S/C17H12Cl2N4OS/c1-25-17-21-16-14(22-23-17)9-5-2-3-8-12(9)20-15(24-16)13-10(18)6-4-7-11(13)19/h2-8,15,20H,1H3/t15-/m0/s1. The maximum atomic E-state index is 6.37. The number of nitrogens with one attached hydrogen (secondary N) is 1. The highest BCUT2D eigenvalue weighted by atomic mass is 35.5. The number of rotatable bonds is 2. The molecule has 0 aliphatic carbocycles. The van der Waals surface area contributed by atoms with Gasteiger partial charge in [-0.1, -0.05) is 59.2 Å². The number of benzene rings is 2. The van der Waals surface area contributed by atoms with Crippen LogP contribution in [-0.4, -0.2) is 21.4 Å². The van der Waals surface area contributed by atoms with Crippen molar-refractivity contribution in [3.8, 4) is 17.1 Å². The second-order valence-corrected chi connectivity index (χ2v) is 6.86. The van der Waals surface area contributed by atoms with E-state index in [4.69, 9.17) is 27.9 Å². The van der Waals surface area contributed by atoms with Crippen LogP contribution in [0.25, 0.3) is 11.3 Å². The first-order chi connectivity index (χ1) is 12.2. The fourth-order valence-corrected chi connectivity index (χ4v) is 3.52. The summed E-state index contributed by atoms with van der Waals surface area (Å²) in [6.07, 6.45) is 1.28. The maximum Gasteiger partial charge on any atom is 0.247 e. The molecule has 0 saturated carbocycles. The first-order valence-electron chi connectivity index (χ1n) is 7.42. The fraction of sp³-hybridized carbons (Fsp3) is 0.118. The van der Waals surface area contributed by atoms with E-state index in [0.29, 0.717) is 32.3 Å². The molecule has 0 unspecified atom stereocenters. The summed E-state index contributed by atoms with van der Waals surface area (Å²) in [5.41, 5.74) is 2.93. The molecule has 0 radical (unpaired) electrons. The summed E-state index contributed by atoms with van der Waals surface area (Å²) < 4.78 is 6.12. The van der Waals surface area contributed by atoms with Crippen LogP contribution in [0.2, 0.25) is 10.0 Å². The number of thioether (sulfide) groups is 1. The zero-order valence-electron chi connectivity index (χ0n) is 13.0. The number of ether oxygens (including phenoxy) is 1. The molecule has 0 saturated heterocycles. The predicted octanol–water partition coefficient (Wildman–Crippen LogP) is 5.07. The highest BCUT2D eigenvalue weighted by molar-refractivity contribution is 7.98. The third-order valence-electron chi connectivity index (χ3n) is 3.78. The molecule has 2 aromatic carbocycles. The van der Waals surface area contributed by atoms with Gasteiger partial charge in [-0.3, -0.25) is 0 Å². The van der Waals surface area contributed by atoms with Gasteiger partial charge in [-0.05, 0) is 24.5 Å². The molecule has 1 atom stereocenters. The third-order valence-corrected chi connectivity index (χ3v) is 4.98. The van der Waals surface area contributed by atoms with Crippen LogP contribution >= 0.6 is 35.0 Å². The van der Waals surface area contributed by atoms with Crippen molar-refractivity contribution in [2.45, 2.75) is 11.4 Å². The lowest BCUT2D eigenvalue weighted by molar-refractivity contribution is 0.225. The van der Waals surface area contributed by atoms with E-state index < -0.39 is 6.23 Å². The van der Waals surface area contributed by atoms with E-state index in [1.54, 1.807) is 18.2 Å². The molecule has 5 nitrogen and oxygen atoms in total. The highest BCUT2D eigenvalue weighted by Gasteiger charge is 2.28. The lowest BCUT2D eigenvalue weighted by atomic mass is 10.1. The summed E-state index contributed by atoms with van der Waals surface area (Å²) in [5.74, 6) is 0.387. The van der Waals surface area contributed by atoms with Crippen LogP contribution in [0.4, 0.5) is 5.69 Å². The Morgan fingerprint density at radius 2 is 1.80 bits per heavy atom. The van der Waals surface area contributed by atoms with E-state index >= 15 is 0 Å². The number of anilines is 1. The van der Waals surface area contributed by atoms with Crippen molar-refractivity contribution in [1.82, 2.24) is 15.2 Å². The summed E-state index contributed by atoms with van der Waals surface area (Å²) >= 11 is 14.1. The summed E-state index contributed by atoms with van der Waals surface area (Å²) in [6.45, 7) is 0. The minimum atomic E-state index is -0.602. The van der Waals surface area contributed by atoms with Crippen molar-refractivity contribution in [2.24, 2.45) is 0 Å². The van der Waals surface area contributed by atoms with Gasteiger partial charge in [-0.2, -0.15) is 4.98 Å². The van der Waals surface area contributed by atoms with Crippen molar-refractivity contribution in [3.63, 3.8) is 0 Å². The average Bonchev–Trinajstić information content (AvgIpc) is 2.77. The van der Waals surface area contributed by atoms with Crippen molar-refractivity contribution >= 4 is 40.7 Å². The van der Waals surface area contributed by atoms with Gasteiger partial charge in [0.2, 0.25) is 17.3 Å². The molecule has 0 bridgehead atoms. The van der Waals surface area contributed by atoms with Gasteiger partial charge in [0, 0.05) is 11.3 Å². The van der Waals surface area contributed by atoms with Crippen LogP contribution < -0.4 is 10.1 Å². The Bertz CT molecular complexity index is 933. The zero-order valence-corrected chi connectivity index (χ0v) is 15.4. The van der Waals surface area contributed by atoms with E-state index in [2.05, 4.69) is 20.5 Å². The number of nitrogens with zero attached hydrogens (tertiary/aromatic N) is 3. The fourth-order valence-electron chi connectivity index (χ4n) is 2.63. The normalized spacial score (nSPS) is 15.4. The highest BCUT2D eigenvalue weighted by Crippen LogP contribution is 2.42. The van der Waals surface area contributed by atoms with Crippen LogP contribution in [0.15, 0.2) is 47.6 Å². The van der Waals surface area contributed by atoms with Gasteiger partial charge in [-0.15, -0.1) is 10.2 Å². The molecule has 1 N–H and O–H groups in total. The third kappa shape index (κ3) is 3.01. The molecule has 25 heavy (non-hydrogen) atoms. The molecule has 1 aliphatic rings. The topological polar surface area (TPSA) is 59.9 Å². The van der Waals surface area contributed by atoms with Crippen LogP contribution in [0.3, 0.4) is 0 Å². The Kier molecular flexibility index (Phi) is 4.41. The molecule has 3 aromatic rings. The molecular formula is C17H12Cl2N4OS. The summed E-state index contributed by atoms with van der Waals surface area (Å²) in [4.78, 5) is 4.47. The van der Waals surface area contributed by atoms with E-state index in [0.717, 1.165) is 11.3 Å². The van der Waals surface area contributed by atoms with Crippen LogP contribution in [0.1, 0.15) is 11.8 Å². The Labute approximate surface area is 158 Å². The number of halogens is 2. The van der Waals surface area contributed by atoms with Crippen LogP contribution in [-0.2, 0) is 0 Å². The van der Waals surface area contributed by atoms with Gasteiger partial charge in [0.15, 0.2) is 5.69 Å². The lowest BCUT2D eigenvalue weighted by Gasteiger charge is -2.21. The van der Waals surface area contributed by atoms with Gasteiger partial charge in [0.25, 0.3) is 0 Å². The van der Waals surface area contributed by atoms with Crippen molar-refractivity contribution in [2.75, 3.05) is 11.6 Å². The predicted molar refractivity (Wildman–Crippen MR) is 100 cm³/mol. The Morgan fingerprint density at radius 1 is 1.04 bits per heavy atom. The first-order valence-corrected chi connectivity index (χ1v) is 9.40. The SMILES string of the molecule is CSc1nnc2c(n1)O[C@@H](c1c(Cl)cccc1Cl)Nc1ccccc1-2. The molecule has 8 heteroatoms. The number of para-hydroxylation sites is 1. The Hall–Kier alpha value is -2.02. The molecule has 1 aliphatic heterocycles. The molecule has 1 aromatic heterocycles. The quantitative estimate of drug-likeness (QED) is 0.616. The van der Waals surface area contributed by atoms with E-state index in [-0.39, 0.29) is 0 Å². The molecule has 126 valence electrons. The molecule has 2 heterocycles. The molecule has 0 spiro atoms. The van der Waals surface area contributed by atoms with Crippen molar-refractivity contribution in [1.29, 1.82) is 0 Å². The van der Waals surface area contributed by atoms with Gasteiger partial charge < -0.3 is 10.1 Å². The van der Waals surface area contributed by atoms with Gasteiger partial charge >= 0.3 is 0 Å². The first kappa shape index (κ1) is 16.4. The summed E-state index contributed by atoms with van der Waals surface area (Å²) in [6, 6.07) is 13.1. The number of fused-ring (bicyclic) bond motifs is 3. The minimum absolute atomic E-state index is 0.387. The smallest absolute Gasteiger partial charge is 0.247 e. The van der Waals surface area contributed by atoms with Crippen molar-refractivity contribution in [3.05, 3.63) is 58.1 Å². The van der Waals surface area contributed by atoms with Crippen LogP contribution in [0, 0.1) is 0 Å². The van der Waals surface area contributed by atoms with Crippen LogP contribution in [0.5, 0.6) is 5.88 Å². The molecule has 4 rings (SSSR count). The molecular weight excluding hydrogens is 379 g/mol. The van der Waals surface area contributed by atoms with E-state index in [9.17, 15) is 0 Å². The number of hydrogen-bond acceptors (Lipinski definition) is 6. The number of hydrogen-bond donors (Lipinski definition) is 1. The lowest BCUT2D eigenvalue weighted by Crippen LogP contribution is -2.18. The van der Waals surface area contributed by atoms with Gasteiger partial charge in [0.1, 0.15) is 0 Å². The van der Waals surface area contributed by atoms with E-state index in [1.807, 2.05) is 30.5 Å². The van der Waals surface area contributed by atoms with Gasteiger partial charge in [0.05, 0.1) is 15.6 Å². The number of aromatic nitrogens is 3.